The van der Waals surface area contributed by atoms with E-state index in [0.717, 1.165) is 25.7 Å². The van der Waals surface area contributed by atoms with E-state index in [2.05, 4.69) is 9.97 Å². The first-order valence-electron chi connectivity index (χ1n) is 5.57. The number of hydrogen-bond donors (Lipinski definition) is 1. The number of rotatable bonds is 3. The van der Waals surface area contributed by atoms with E-state index in [1.807, 2.05) is 0 Å². The van der Waals surface area contributed by atoms with Crippen LogP contribution in [0.4, 0.5) is 5.95 Å². The molecule has 1 fully saturated rings. The van der Waals surface area contributed by atoms with E-state index in [-0.39, 0.29) is 16.9 Å². The highest BCUT2D eigenvalue weighted by molar-refractivity contribution is 7.89. The summed E-state index contributed by atoms with van der Waals surface area (Å²) < 4.78 is 25.9. The topological polar surface area (TPSA) is 89.2 Å². The molecule has 0 aromatic carbocycles. The van der Waals surface area contributed by atoms with Gasteiger partial charge in [0.2, 0.25) is 16.0 Å². The molecular weight excluding hydrogens is 240 g/mol. The maximum Gasteiger partial charge on any atom is 0.246 e. The van der Waals surface area contributed by atoms with Gasteiger partial charge >= 0.3 is 0 Å². The predicted molar refractivity (Wildman–Crippen MR) is 63.6 cm³/mol. The van der Waals surface area contributed by atoms with E-state index in [9.17, 15) is 8.42 Å². The fraction of sp³-hybridized carbons (Fsp3) is 0.600. The highest BCUT2D eigenvalue weighted by Crippen LogP contribution is 2.26. The molecule has 0 aliphatic heterocycles. The molecule has 1 aromatic heterocycles. The molecule has 0 atom stereocenters. The van der Waals surface area contributed by atoms with Crippen LogP contribution in [0.1, 0.15) is 25.7 Å². The Kier molecular flexibility index (Phi) is 3.30. The molecule has 2 N–H and O–H groups in total. The van der Waals surface area contributed by atoms with Crippen molar-refractivity contribution in [2.75, 3.05) is 12.8 Å². The normalized spacial score (nSPS) is 17.8. The third-order valence-electron chi connectivity index (χ3n) is 3.16. The van der Waals surface area contributed by atoms with Crippen LogP contribution in [0.5, 0.6) is 0 Å². The Morgan fingerprint density at radius 1 is 1.29 bits per heavy atom. The van der Waals surface area contributed by atoms with Crippen molar-refractivity contribution in [3.63, 3.8) is 0 Å². The van der Waals surface area contributed by atoms with Gasteiger partial charge in [-0.25, -0.2) is 18.4 Å². The summed E-state index contributed by atoms with van der Waals surface area (Å²) in [5.41, 5.74) is 5.34. The SMILES string of the molecule is CN(C1CCCC1)S(=O)(=O)c1cnc(N)nc1. The summed E-state index contributed by atoms with van der Waals surface area (Å²) in [6, 6.07) is 0.0950. The maximum atomic E-state index is 12.2. The van der Waals surface area contributed by atoms with Gasteiger partial charge in [0.25, 0.3) is 0 Å². The number of nitrogens with zero attached hydrogens (tertiary/aromatic N) is 3. The van der Waals surface area contributed by atoms with Gasteiger partial charge in [-0.1, -0.05) is 12.8 Å². The molecule has 1 saturated carbocycles. The molecular formula is C10H16N4O2S. The van der Waals surface area contributed by atoms with Crippen molar-refractivity contribution >= 4 is 16.0 Å². The lowest BCUT2D eigenvalue weighted by Gasteiger charge is -2.23. The monoisotopic (exact) mass is 256 g/mol. The summed E-state index contributed by atoms with van der Waals surface area (Å²) >= 11 is 0. The first-order valence-corrected chi connectivity index (χ1v) is 7.01. The zero-order chi connectivity index (χ0) is 12.5. The number of hydrogen-bond acceptors (Lipinski definition) is 5. The molecule has 0 bridgehead atoms. The zero-order valence-electron chi connectivity index (χ0n) is 9.70. The summed E-state index contributed by atoms with van der Waals surface area (Å²) in [5, 5.41) is 0. The van der Waals surface area contributed by atoms with Crippen molar-refractivity contribution in [3.8, 4) is 0 Å². The number of sulfonamides is 1. The van der Waals surface area contributed by atoms with E-state index in [1.165, 1.54) is 16.7 Å². The molecule has 1 aliphatic carbocycles. The van der Waals surface area contributed by atoms with Gasteiger partial charge in [0.1, 0.15) is 4.90 Å². The summed E-state index contributed by atoms with van der Waals surface area (Å²) in [7, 11) is -1.87. The quantitative estimate of drug-likeness (QED) is 0.856. The van der Waals surface area contributed by atoms with E-state index in [0.29, 0.717) is 0 Å². The molecule has 0 unspecified atom stereocenters. The van der Waals surface area contributed by atoms with Gasteiger partial charge < -0.3 is 5.73 Å². The summed E-state index contributed by atoms with van der Waals surface area (Å²) in [5.74, 6) is 0.0764. The van der Waals surface area contributed by atoms with Gasteiger partial charge in [-0.3, -0.25) is 0 Å². The van der Waals surface area contributed by atoms with Gasteiger partial charge in [-0.05, 0) is 12.8 Å². The van der Waals surface area contributed by atoms with Crippen molar-refractivity contribution in [3.05, 3.63) is 12.4 Å². The molecule has 17 heavy (non-hydrogen) atoms. The largest absolute Gasteiger partial charge is 0.368 e. The number of nitrogens with two attached hydrogens (primary N) is 1. The third kappa shape index (κ3) is 2.39. The predicted octanol–water partition coefficient (Wildman–Crippen LogP) is 0.622. The number of anilines is 1. The smallest absolute Gasteiger partial charge is 0.246 e. The minimum Gasteiger partial charge on any atom is -0.368 e. The first-order chi connectivity index (χ1) is 8.01. The highest BCUT2D eigenvalue weighted by Gasteiger charge is 2.30. The molecule has 1 aliphatic rings. The third-order valence-corrected chi connectivity index (χ3v) is 5.03. The lowest BCUT2D eigenvalue weighted by Crippen LogP contribution is -2.35. The Morgan fingerprint density at radius 2 is 1.82 bits per heavy atom. The van der Waals surface area contributed by atoms with Crippen molar-refractivity contribution in [1.29, 1.82) is 0 Å². The van der Waals surface area contributed by atoms with E-state index in [4.69, 9.17) is 5.73 Å². The van der Waals surface area contributed by atoms with Crippen LogP contribution in [0.3, 0.4) is 0 Å². The first kappa shape index (κ1) is 12.3. The van der Waals surface area contributed by atoms with Gasteiger partial charge in [-0.15, -0.1) is 0 Å². The van der Waals surface area contributed by atoms with Crippen LogP contribution in [0.15, 0.2) is 17.3 Å². The van der Waals surface area contributed by atoms with Crippen molar-refractivity contribution < 1.29 is 8.42 Å². The molecule has 0 radical (unpaired) electrons. The number of nitrogen functional groups attached to an aromatic ring is 1. The van der Waals surface area contributed by atoms with Gasteiger partial charge in [0.05, 0.1) is 12.4 Å². The van der Waals surface area contributed by atoms with Gasteiger partial charge in [-0.2, -0.15) is 4.31 Å². The highest BCUT2D eigenvalue weighted by atomic mass is 32.2. The second-order valence-electron chi connectivity index (χ2n) is 4.24. The lowest BCUT2D eigenvalue weighted by molar-refractivity contribution is 0.372. The van der Waals surface area contributed by atoms with Crippen molar-refractivity contribution in [1.82, 2.24) is 14.3 Å². The molecule has 1 heterocycles. The van der Waals surface area contributed by atoms with Crippen LogP contribution in [-0.4, -0.2) is 35.8 Å². The van der Waals surface area contributed by atoms with Crippen LogP contribution >= 0.6 is 0 Å². The Balaban J connectivity index is 2.26. The fourth-order valence-electron chi connectivity index (χ4n) is 2.09. The van der Waals surface area contributed by atoms with Crippen molar-refractivity contribution in [2.45, 2.75) is 36.6 Å². The molecule has 6 nitrogen and oxygen atoms in total. The van der Waals surface area contributed by atoms with Crippen LogP contribution in [0, 0.1) is 0 Å². The summed E-state index contributed by atoms with van der Waals surface area (Å²) in [6.45, 7) is 0. The molecule has 94 valence electrons. The van der Waals surface area contributed by atoms with E-state index < -0.39 is 10.0 Å². The zero-order valence-corrected chi connectivity index (χ0v) is 10.5. The van der Waals surface area contributed by atoms with Crippen LogP contribution < -0.4 is 5.73 Å². The minimum atomic E-state index is -3.49. The summed E-state index contributed by atoms with van der Waals surface area (Å²) in [6.07, 6.45) is 6.52. The lowest BCUT2D eigenvalue weighted by atomic mass is 10.3. The van der Waals surface area contributed by atoms with Crippen LogP contribution in [0.2, 0.25) is 0 Å². The molecule has 1 aromatic rings. The van der Waals surface area contributed by atoms with Gasteiger partial charge in [0.15, 0.2) is 0 Å². The Morgan fingerprint density at radius 3 is 2.35 bits per heavy atom. The average Bonchev–Trinajstić information content (AvgIpc) is 2.82. The molecule has 0 saturated heterocycles. The molecule has 0 amide bonds. The Labute approximate surface area is 101 Å². The fourth-order valence-corrected chi connectivity index (χ4v) is 3.40. The second-order valence-corrected chi connectivity index (χ2v) is 6.23. The standard InChI is InChI=1S/C10H16N4O2S/c1-14(8-4-2-3-5-8)17(15,16)9-6-12-10(11)13-7-9/h6-8H,2-5H2,1H3,(H2,11,12,13). The molecule has 2 rings (SSSR count). The minimum absolute atomic E-state index is 0.0764. The van der Waals surface area contributed by atoms with Crippen LogP contribution in [-0.2, 0) is 10.0 Å². The van der Waals surface area contributed by atoms with E-state index >= 15 is 0 Å². The van der Waals surface area contributed by atoms with Gasteiger partial charge in [0, 0.05) is 13.1 Å². The number of aromatic nitrogens is 2. The maximum absolute atomic E-state index is 12.2. The average molecular weight is 256 g/mol. The van der Waals surface area contributed by atoms with E-state index in [1.54, 1.807) is 7.05 Å². The Bertz CT molecular complexity index is 480. The van der Waals surface area contributed by atoms with Crippen LogP contribution in [0.25, 0.3) is 0 Å². The summed E-state index contributed by atoms with van der Waals surface area (Å²) in [4.78, 5) is 7.53. The Hall–Kier alpha value is -1.21. The molecule has 7 heteroatoms. The van der Waals surface area contributed by atoms with Crippen molar-refractivity contribution in [2.24, 2.45) is 0 Å². The molecule has 0 spiro atoms. The second kappa shape index (κ2) is 4.58.